The van der Waals surface area contributed by atoms with Crippen molar-refractivity contribution in [3.8, 4) is 0 Å². The molecule has 0 bridgehead atoms. The normalized spacial score (nSPS) is 27.8. The van der Waals surface area contributed by atoms with Crippen LogP contribution in [0.4, 0.5) is 0 Å². The largest absolute Gasteiger partial charge is 0.392 e. The molecule has 0 radical (unpaired) electrons. The minimum atomic E-state index is -0.182. The van der Waals surface area contributed by atoms with E-state index in [9.17, 15) is 5.11 Å². The maximum Gasteiger partial charge on any atom is 0.0639 e. The lowest BCUT2D eigenvalue weighted by Crippen LogP contribution is -2.30. The third-order valence-corrected chi connectivity index (χ3v) is 2.39. The molecule has 0 aliphatic carbocycles. The van der Waals surface area contributed by atoms with E-state index in [1.165, 1.54) is 6.42 Å². The molecule has 0 aromatic heterocycles. The van der Waals surface area contributed by atoms with Crippen molar-refractivity contribution in [2.75, 3.05) is 33.2 Å². The Balaban J connectivity index is 2.16. The first kappa shape index (κ1) is 9.96. The van der Waals surface area contributed by atoms with Gasteiger partial charge in [0.2, 0.25) is 0 Å². The fourth-order valence-corrected chi connectivity index (χ4v) is 1.91. The Kier molecular flexibility index (Phi) is 3.98. The van der Waals surface area contributed by atoms with Crippen LogP contribution in [0.5, 0.6) is 0 Å². The number of hydrogen-bond acceptors (Lipinski definition) is 3. The Morgan fingerprint density at radius 1 is 1.67 bits per heavy atom. The van der Waals surface area contributed by atoms with Crippen molar-refractivity contribution in [3.63, 3.8) is 0 Å². The van der Waals surface area contributed by atoms with Gasteiger partial charge in [-0.05, 0) is 39.4 Å². The first-order valence-corrected chi connectivity index (χ1v) is 4.77. The summed E-state index contributed by atoms with van der Waals surface area (Å²) >= 11 is 0. The molecule has 1 rings (SSSR count). The fourth-order valence-electron chi connectivity index (χ4n) is 1.91. The van der Waals surface area contributed by atoms with E-state index in [0.717, 1.165) is 32.1 Å². The van der Waals surface area contributed by atoms with E-state index in [1.54, 1.807) is 0 Å². The van der Waals surface area contributed by atoms with Gasteiger partial charge in [-0.3, -0.25) is 0 Å². The maximum atomic E-state index is 9.17. The second-order valence-corrected chi connectivity index (χ2v) is 3.82. The maximum absolute atomic E-state index is 9.17. The van der Waals surface area contributed by atoms with E-state index >= 15 is 0 Å². The van der Waals surface area contributed by atoms with Gasteiger partial charge >= 0.3 is 0 Å². The standard InChI is InChI=1S/C9H20N2O/c1-8(12)6-11-4-3-9(7-11)5-10-2/h8-10,12H,3-7H2,1-2H3. The van der Waals surface area contributed by atoms with E-state index in [2.05, 4.69) is 10.2 Å². The summed E-state index contributed by atoms with van der Waals surface area (Å²) in [5.41, 5.74) is 0. The van der Waals surface area contributed by atoms with Gasteiger partial charge in [-0.15, -0.1) is 0 Å². The molecule has 2 unspecified atom stereocenters. The highest BCUT2D eigenvalue weighted by molar-refractivity contribution is 4.77. The minimum Gasteiger partial charge on any atom is -0.392 e. The topological polar surface area (TPSA) is 35.5 Å². The first-order valence-electron chi connectivity index (χ1n) is 4.77. The van der Waals surface area contributed by atoms with Gasteiger partial charge in [-0.2, -0.15) is 0 Å². The van der Waals surface area contributed by atoms with Crippen LogP contribution in [0.15, 0.2) is 0 Å². The molecule has 1 aliphatic heterocycles. The monoisotopic (exact) mass is 172 g/mol. The van der Waals surface area contributed by atoms with Crippen molar-refractivity contribution in [1.82, 2.24) is 10.2 Å². The lowest BCUT2D eigenvalue weighted by Gasteiger charge is -2.17. The van der Waals surface area contributed by atoms with Gasteiger partial charge in [0.15, 0.2) is 0 Å². The van der Waals surface area contributed by atoms with Crippen LogP contribution in [0.2, 0.25) is 0 Å². The van der Waals surface area contributed by atoms with E-state index in [4.69, 9.17) is 0 Å². The van der Waals surface area contributed by atoms with Crippen molar-refractivity contribution in [2.24, 2.45) is 5.92 Å². The van der Waals surface area contributed by atoms with Gasteiger partial charge in [0, 0.05) is 13.1 Å². The smallest absolute Gasteiger partial charge is 0.0639 e. The molecule has 72 valence electrons. The Bertz CT molecular complexity index is 128. The Morgan fingerprint density at radius 2 is 2.42 bits per heavy atom. The van der Waals surface area contributed by atoms with Gasteiger partial charge in [0.25, 0.3) is 0 Å². The quantitative estimate of drug-likeness (QED) is 0.622. The molecule has 12 heavy (non-hydrogen) atoms. The van der Waals surface area contributed by atoms with Crippen LogP contribution in [0, 0.1) is 5.92 Å². The average molecular weight is 172 g/mol. The summed E-state index contributed by atoms with van der Waals surface area (Å²) in [6.45, 7) is 6.09. The molecule has 0 aromatic carbocycles. The highest BCUT2D eigenvalue weighted by atomic mass is 16.3. The number of rotatable bonds is 4. The summed E-state index contributed by atoms with van der Waals surface area (Å²) in [4.78, 5) is 2.34. The molecule has 1 saturated heterocycles. The molecule has 1 heterocycles. The van der Waals surface area contributed by atoms with Crippen LogP contribution in [-0.2, 0) is 0 Å². The minimum absolute atomic E-state index is 0.182. The highest BCUT2D eigenvalue weighted by Gasteiger charge is 2.21. The van der Waals surface area contributed by atoms with Crippen molar-refractivity contribution < 1.29 is 5.11 Å². The van der Waals surface area contributed by atoms with Gasteiger partial charge in [0.1, 0.15) is 0 Å². The Morgan fingerprint density at radius 3 is 3.00 bits per heavy atom. The lowest BCUT2D eigenvalue weighted by molar-refractivity contribution is 0.138. The van der Waals surface area contributed by atoms with Gasteiger partial charge < -0.3 is 15.3 Å². The van der Waals surface area contributed by atoms with Crippen LogP contribution in [0.3, 0.4) is 0 Å². The first-order chi connectivity index (χ1) is 5.72. The summed E-state index contributed by atoms with van der Waals surface area (Å²) in [5.74, 6) is 0.786. The van der Waals surface area contributed by atoms with Crippen molar-refractivity contribution in [1.29, 1.82) is 0 Å². The molecule has 2 N–H and O–H groups in total. The van der Waals surface area contributed by atoms with E-state index in [1.807, 2.05) is 14.0 Å². The van der Waals surface area contributed by atoms with Crippen LogP contribution < -0.4 is 5.32 Å². The molecule has 0 spiro atoms. The van der Waals surface area contributed by atoms with Gasteiger partial charge in [-0.25, -0.2) is 0 Å². The zero-order valence-electron chi connectivity index (χ0n) is 8.08. The molecular formula is C9H20N2O. The number of likely N-dealkylation sites (tertiary alicyclic amines) is 1. The summed E-state index contributed by atoms with van der Waals surface area (Å²) in [5, 5.41) is 12.4. The molecule has 1 aliphatic rings. The van der Waals surface area contributed by atoms with Crippen LogP contribution in [-0.4, -0.2) is 49.3 Å². The third kappa shape index (κ3) is 3.09. The van der Waals surface area contributed by atoms with Crippen LogP contribution in [0.1, 0.15) is 13.3 Å². The molecular weight excluding hydrogens is 152 g/mol. The van der Waals surface area contributed by atoms with Crippen molar-refractivity contribution >= 4 is 0 Å². The number of nitrogens with zero attached hydrogens (tertiary/aromatic N) is 1. The highest BCUT2D eigenvalue weighted by Crippen LogP contribution is 2.14. The van der Waals surface area contributed by atoms with Crippen molar-refractivity contribution in [3.05, 3.63) is 0 Å². The Labute approximate surface area is 74.8 Å². The zero-order chi connectivity index (χ0) is 8.97. The lowest BCUT2D eigenvalue weighted by atomic mass is 10.1. The zero-order valence-corrected chi connectivity index (χ0v) is 8.08. The summed E-state index contributed by atoms with van der Waals surface area (Å²) in [6.07, 6.45) is 1.09. The molecule has 0 amide bonds. The van der Waals surface area contributed by atoms with E-state index in [-0.39, 0.29) is 6.10 Å². The number of aliphatic hydroxyl groups excluding tert-OH is 1. The molecule has 3 nitrogen and oxygen atoms in total. The molecule has 2 atom stereocenters. The Hall–Kier alpha value is -0.120. The van der Waals surface area contributed by atoms with Crippen molar-refractivity contribution in [2.45, 2.75) is 19.4 Å². The molecule has 3 heteroatoms. The molecule has 0 aromatic rings. The predicted octanol–water partition coefficient (Wildman–Crippen LogP) is -0.0915. The number of β-amino-alcohol motifs (C(OH)–C–C–N with tert-alkyl or cyclic N) is 1. The number of aliphatic hydroxyl groups is 1. The molecule has 1 fully saturated rings. The van der Waals surface area contributed by atoms with E-state index in [0.29, 0.717) is 0 Å². The van der Waals surface area contributed by atoms with Gasteiger partial charge in [0.05, 0.1) is 6.10 Å². The van der Waals surface area contributed by atoms with Gasteiger partial charge in [-0.1, -0.05) is 0 Å². The predicted molar refractivity (Wildman–Crippen MR) is 50.2 cm³/mol. The van der Waals surface area contributed by atoms with E-state index < -0.39 is 0 Å². The van der Waals surface area contributed by atoms with Crippen LogP contribution in [0.25, 0.3) is 0 Å². The second-order valence-electron chi connectivity index (χ2n) is 3.82. The number of hydrogen-bond donors (Lipinski definition) is 2. The second kappa shape index (κ2) is 4.80. The fraction of sp³-hybridized carbons (Fsp3) is 1.00. The summed E-state index contributed by atoms with van der Waals surface area (Å²) in [7, 11) is 2.00. The third-order valence-electron chi connectivity index (χ3n) is 2.39. The SMILES string of the molecule is CNCC1CCN(CC(C)O)C1. The number of nitrogens with one attached hydrogen (secondary N) is 1. The van der Waals surface area contributed by atoms with Crippen LogP contribution >= 0.6 is 0 Å². The average Bonchev–Trinajstić information content (AvgIpc) is 2.36. The summed E-state index contributed by atoms with van der Waals surface area (Å²) in [6, 6.07) is 0. The summed E-state index contributed by atoms with van der Waals surface area (Å²) < 4.78 is 0. The molecule has 0 saturated carbocycles.